The summed E-state index contributed by atoms with van der Waals surface area (Å²) in [5.41, 5.74) is 5.61. The molecular formula is C12H15N3O3. The van der Waals surface area contributed by atoms with Crippen LogP contribution in [0.15, 0.2) is 18.3 Å². The molecule has 18 heavy (non-hydrogen) atoms. The number of hydrogen-bond donors (Lipinski definition) is 2. The molecule has 0 bridgehead atoms. The quantitative estimate of drug-likeness (QED) is 0.770. The van der Waals surface area contributed by atoms with Gasteiger partial charge in [0.2, 0.25) is 5.91 Å². The van der Waals surface area contributed by atoms with Gasteiger partial charge < -0.3 is 15.7 Å². The van der Waals surface area contributed by atoms with Crippen molar-refractivity contribution < 1.29 is 14.7 Å². The van der Waals surface area contributed by atoms with Crippen molar-refractivity contribution in [3.63, 3.8) is 0 Å². The van der Waals surface area contributed by atoms with Gasteiger partial charge in [0.25, 0.3) is 0 Å². The highest BCUT2D eigenvalue weighted by molar-refractivity contribution is 5.93. The Kier molecular flexibility index (Phi) is 3.45. The first-order valence-corrected chi connectivity index (χ1v) is 5.82. The number of rotatable bonds is 6. The first kappa shape index (κ1) is 12.3. The highest BCUT2D eigenvalue weighted by atomic mass is 16.4. The molecule has 1 saturated carbocycles. The van der Waals surface area contributed by atoms with E-state index in [0.29, 0.717) is 24.0 Å². The largest absolute Gasteiger partial charge is 0.481 e. The molecule has 0 spiro atoms. The summed E-state index contributed by atoms with van der Waals surface area (Å²) in [6, 6.07) is 3.50. The third-order valence-corrected chi connectivity index (χ3v) is 2.88. The molecule has 0 aliphatic heterocycles. The lowest BCUT2D eigenvalue weighted by Gasteiger charge is -2.22. The van der Waals surface area contributed by atoms with E-state index in [2.05, 4.69) is 4.98 Å². The number of nitrogens with two attached hydrogens (primary N) is 1. The summed E-state index contributed by atoms with van der Waals surface area (Å²) in [4.78, 5) is 27.9. The number of nitrogens with zero attached hydrogens (tertiary/aromatic N) is 2. The monoisotopic (exact) mass is 249 g/mol. The van der Waals surface area contributed by atoms with Gasteiger partial charge in [-0.3, -0.25) is 9.59 Å². The van der Waals surface area contributed by atoms with E-state index in [1.54, 1.807) is 12.1 Å². The van der Waals surface area contributed by atoms with Gasteiger partial charge in [0.05, 0.1) is 6.42 Å². The van der Waals surface area contributed by atoms with Crippen LogP contribution in [-0.2, 0) is 4.79 Å². The lowest BCUT2D eigenvalue weighted by molar-refractivity contribution is -0.136. The van der Waals surface area contributed by atoms with Crippen LogP contribution in [0.1, 0.15) is 29.6 Å². The van der Waals surface area contributed by atoms with E-state index in [4.69, 9.17) is 10.8 Å². The van der Waals surface area contributed by atoms with Crippen molar-refractivity contribution >= 4 is 17.7 Å². The Bertz CT molecular complexity index is 471. The summed E-state index contributed by atoms with van der Waals surface area (Å²) in [6.45, 7) is 0.398. The van der Waals surface area contributed by atoms with Crippen molar-refractivity contribution in [3.05, 3.63) is 23.9 Å². The first-order valence-electron chi connectivity index (χ1n) is 5.82. The van der Waals surface area contributed by atoms with E-state index in [9.17, 15) is 9.59 Å². The van der Waals surface area contributed by atoms with E-state index >= 15 is 0 Å². The first-order chi connectivity index (χ1) is 8.58. The number of anilines is 1. The zero-order valence-electron chi connectivity index (χ0n) is 9.87. The molecule has 0 atom stereocenters. The molecule has 1 aromatic rings. The summed E-state index contributed by atoms with van der Waals surface area (Å²) in [6.07, 6.45) is 3.63. The Morgan fingerprint density at radius 3 is 2.78 bits per heavy atom. The molecule has 1 heterocycles. The van der Waals surface area contributed by atoms with Crippen LogP contribution in [0.4, 0.5) is 5.82 Å². The molecule has 1 aliphatic rings. The van der Waals surface area contributed by atoms with Crippen LogP contribution in [0.2, 0.25) is 0 Å². The number of carbonyl (C=O) groups is 2. The van der Waals surface area contributed by atoms with Gasteiger partial charge in [-0.25, -0.2) is 4.98 Å². The van der Waals surface area contributed by atoms with Gasteiger partial charge in [0, 0.05) is 24.3 Å². The number of aliphatic carboxylic acids is 1. The van der Waals surface area contributed by atoms with Crippen LogP contribution in [0.5, 0.6) is 0 Å². The number of amides is 1. The molecule has 96 valence electrons. The normalized spacial score (nSPS) is 14.2. The van der Waals surface area contributed by atoms with Crippen molar-refractivity contribution in [2.45, 2.75) is 25.3 Å². The number of aromatic nitrogens is 1. The van der Waals surface area contributed by atoms with Crippen LogP contribution in [0.25, 0.3) is 0 Å². The SMILES string of the molecule is NC(=O)c1ccnc(N(CCC(=O)O)C2CC2)c1. The second-order valence-corrected chi connectivity index (χ2v) is 4.34. The van der Waals surface area contributed by atoms with Crippen molar-refractivity contribution in [1.82, 2.24) is 4.98 Å². The Balaban J connectivity index is 2.16. The fraction of sp³-hybridized carbons (Fsp3) is 0.417. The molecule has 0 aromatic carbocycles. The predicted octanol–water partition coefficient (Wildman–Crippen LogP) is 0.624. The van der Waals surface area contributed by atoms with E-state index in [0.717, 1.165) is 12.8 Å². The molecule has 0 radical (unpaired) electrons. The van der Waals surface area contributed by atoms with Gasteiger partial charge >= 0.3 is 5.97 Å². The van der Waals surface area contributed by atoms with Crippen LogP contribution in [0.3, 0.4) is 0 Å². The van der Waals surface area contributed by atoms with Crippen LogP contribution >= 0.6 is 0 Å². The number of carboxylic acids is 1. The second kappa shape index (κ2) is 5.03. The Morgan fingerprint density at radius 1 is 1.50 bits per heavy atom. The maximum Gasteiger partial charge on any atom is 0.305 e. The maximum atomic E-state index is 11.1. The van der Waals surface area contributed by atoms with Gasteiger partial charge in [0.1, 0.15) is 5.82 Å². The van der Waals surface area contributed by atoms with Crippen LogP contribution < -0.4 is 10.6 Å². The number of carbonyl (C=O) groups excluding carboxylic acids is 1. The van der Waals surface area contributed by atoms with Crippen molar-refractivity contribution in [1.29, 1.82) is 0 Å². The topological polar surface area (TPSA) is 96.5 Å². The molecular weight excluding hydrogens is 234 g/mol. The third-order valence-electron chi connectivity index (χ3n) is 2.88. The fourth-order valence-electron chi connectivity index (χ4n) is 1.82. The van der Waals surface area contributed by atoms with Gasteiger partial charge in [-0.2, -0.15) is 0 Å². The van der Waals surface area contributed by atoms with E-state index in [1.807, 2.05) is 4.90 Å². The Morgan fingerprint density at radius 2 is 2.22 bits per heavy atom. The van der Waals surface area contributed by atoms with Crippen molar-refractivity contribution in [2.75, 3.05) is 11.4 Å². The molecule has 0 saturated heterocycles. The van der Waals surface area contributed by atoms with Crippen molar-refractivity contribution in [3.8, 4) is 0 Å². The smallest absolute Gasteiger partial charge is 0.305 e. The fourth-order valence-corrected chi connectivity index (χ4v) is 1.82. The lowest BCUT2D eigenvalue weighted by Crippen LogP contribution is -2.29. The van der Waals surface area contributed by atoms with Crippen LogP contribution in [-0.4, -0.2) is 34.6 Å². The zero-order chi connectivity index (χ0) is 13.1. The number of pyridine rings is 1. The average molecular weight is 249 g/mol. The summed E-state index contributed by atoms with van der Waals surface area (Å²) in [5, 5.41) is 8.73. The Hall–Kier alpha value is -2.11. The molecule has 1 fully saturated rings. The number of hydrogen-bond acceptors (Lipinski definition) is 4. The minimum absolute atomic E-state index is 0.0545. The zero-order valence-corrected chi connectivity index (χ0v) is 9.87. The van der Waals surface area contributed by atoms with E-state index in [1.165, 1.54) is 6.20 Å². The summed E-state index contributed by atoms with van der Waals surface area (Å²) in [5.74, 6) is -0.727. The number of primary amides is 1. The average Bonchev–Trinajstić information content (AvgIpc) is 3.14. The van der Waals surface area contributed by atoms with Crippen molar-refractivity contribution in [2.24, 2.45) is 5.73 Å². The molecule has 6 heteroatoms. The molecule has 6 nitrogen and oxygen atoms in total. The standard InChI is InChI=1S/C12H15N3O3/c13-12(18)8-3-5-14-10(7-8)15(9-1-2-9)6-4-11(16)17/h3,5,7,9H,1-2,4,6H2,(H2,13,18)(H,16,17). The highest BCUT2D eigenvalue weighted by Crippen LogP contribution is 2.30. The third kappa shape index (κ3) is 2.97. The van der Waals surface area contributed by atoms with Gasteiger partial charge in [-0.1, -0.05) is 0 Å². The molecule has 1 aliphatic carbocycles. The predicted molar refractivity (Wildman–Crippen MR) is 65.4 cm³/mol. The molecule has 1 aromatic heterocycles. The summed E-state index contributed by atoms with van der Waals surface area (Å²) < 4.78 is 0. The molecule has 0 unspecified atom stereocenters. The molecule has 3 N–H and O–H groups in total. The summed E-state index contributed by atoms with van der Waals surface area (Å²) in [7, 11) is 0. The Labute approximate surface area is 104 Å². The minimum atomic E-state index is -0.841. The molecule has 1 amide bonds. The van der Waals surface area contributed by atoms with E-state index < -0.39 is 11.9 Å². The minimum Gasteiger partial charge on any atom is -0.481 e. The lowest BCUT2D eigenvalue weighted by atomic mass is 10.2. The van der Waals surface area contributed by atoms with E-state index in [-0.39, 0.29) is 6.42 Å². The maximum absolute atomic E-state index is 11.1. The summed E-state index contributed by atoms with van der Waals surface area (Å²) >= 11 is 0. The number of carboxylic acid groups (broad SMARTS) is 1. The second-order valence-electron chi connectivity index (χ2n) is 4.34. The van der Waals surface area contributed by atoms with Gasteiger partial charge in [0.15, 0.2) is 0 Å². The van der Waals surface area contributed by atoms with Crippen LogP contribution in [0, 0.1) is 0 Å². The molecule has 2 rings (SSSR count). The van der Waals surface area contributed by atoms with Gasteiger partial charge in [-0.15, -0.1) is 0 Å². The highest BCUT2D eigenvalue weighted by Gasteiger charge is 2.30. The van der Waals surface area contributed by atoms with Gasteiger partial charge in [-0.05, 0) is 25.0 Å².